The molecule has 1 saturated heterocycles. The Bertz CT molecular complexity index is 426. The van der Waals surface area contributed by atoms with Crippen molar-refractivity contribution in [2.24, 2.45) is 0 Å². The van der Waals surface area contributed by atoms with Gasteiger partial charge in [0.25, 0.3) is 0 Å². The molecule has 1 aromatic heterocycles. The van der Waals surface area contributed by atoms with Crippen molar-refractivity contribution >= 4 is 34.6 Å². The Morgan fingerprint density at radius 3 is 3.00 bits per heavy atom. The molecule has 2 rings (SSSR count). The van der Waals surface area contributed by atoms with Crippen molar-refractivity contribution in [2.45, 2.75) is 0 Å². The van der Waals surface area contributed by atoms with Gasteiger partial charge in [0.15, 0.2) is 10.3 Å². The number of nitrogens with zero attached hydrogens (tertiary/aromatic N) is 2. The highest BCUT2D eigenvalue weighted by Gasteiger charge is 2.09. The van der Waals surface area contributed by atoms with E-state index in [0.29, 0.717) is 16.0 Å². The van der Waals surface area contributed by atoms with Gasteiger partial charge in [0, 0.05) is 32.4 Å². The van der Waals surface area contributed by atoms with E-state index in [0.717, 1.165) is 39.4 Å². The maximum atomic E-state index is 5.94. The van der Waals surface area contributed by atoms with Crippen LogP contribution in [0.5, 0.6) is 0 Å². The van der Waals surface area contributed by atoms with E-state index in [2.05, 4.69) is 20.5 Å². The SMILES string of the molecule is S=C(NCCN1CCOCC1)Nc1cccnc1Cl. The molecule has 2 N–H and O–H groups in total. The summed E-state index contributed by atoms with van der Waals surface area (Å²) in [5.41, 5.74) is 0.716. The van der Waals surface area contributed by atoms with Crippen LogP contribution in [0, 0.1) is 0 Å². The number of pyridine rings is 1. The van der Waals surface area contributed by atoms with Crippen LogP contribution in [0.4, 0.5) is 5.69 Å². The molecular weight excluding hydrogens is 284 g/mol. The fourth-order valence-corrected chi connectivity index (χ4v) is 2.18. The first-order chi connectivity index (χ1) is 9.25. The lowest BCUT2D eigenvalue weighted by molar-refractivity contribution is 0.0389. The molecule has 19 heavy (non-hydrogen) atoms. The Morgan fingerprint density at radius 2 is 2.26 bits per heavy atom. The zero-order chi connectivity index (χ0) is 13.5. The van der Waals surface area contributed by atoms with Crippen molar-refractivity contribution < 1.29 is 4.74 Å². The summed E-state index contributed by atoms with van der Waals surface area (Å²) in [6, 6.07) is 3.65. The van der Waals surface area contributed by atoms with Crippen LogP contribution in [-0.2, 0) is 4.74 Å². The number of anilines is 1. The molecule has 0 spiro atoms. The van der Waals surface area contributed by atoms with Gasteiger partial charge in [-0.05, 0) is 24.4 Å². The number of hydrogen-bond acceptors (Lipinski definition) is 4. The lowest BCUT2D eigenvalue weighted by Gasteiger charge is -2.26. The molecule has 5 nitrogen and oxygen atoms in total. The van der Waals surface area contributed by atoms with Crippen molar-refractivity contribution in [3.63, 3.8) is 0 Å². The third-order valence-electron chi connectivity index (χ3n) is 2.82. The van der Waals surface area contributed by atoms with E-state index >= 15 is 0 Å². The fourth-order valence-electron chi connectivity index (χ4n) is 1.80. The van der Waals surface area contributed by atoms with E-state index in [1.165, 1.54) is 0 Å². The lowest BCUT2D eigenvalue weighted by Crippen LogP contribution is -2.42. The molecule has 1 aromatic rings. The van der Waals surface area contributed by atoms with Crippen LogP contribution in [0.15, 0.2) is 18.3 Å². The molecule has 2 heterocycles. The molecule has 1 fully saturated rings. The van der Waals surface area contributed by atoms with Crippen molar-refractivity contribution in [3.05, 3.63) is 23.5 Å². The first kappa shape index (κ1) is 14.5. The van der Waals surface area contributed by atoms with Gasteiger partial charge in [-0.15, -0.1) is 0 Å². The quantitative estimate of drug-likeness (QED) is 0.647. The summed E-state index contributed by atoms with van der Waals surface area (Å²) < 4.78 is 5.30. The number of rotatable bonds is 4. The van der Waals surface area contributed by atoms with E-state index in [-0.39, 0.29) is 0 Å². The largest absolute Gasteiger partial charge is 0.379 e. The first-order valence-corrected chi connectivity index (χ1v) is 7.00. The van der Waals surface area contributed by atoms with Crippen LogP contribution in [0.1, 0.15) is 0 Å². The van der Waals surface area contributed by atoms with Crippen LogP contribution < -0.4 is 10.6 Å². The molecule has 0 unspecified atom stereocenters. The number of morpholine rings is 1. The Kier molecular flexibility index (Phi) is 5.78. The molecule has 104 valence electrons. The topological polar surface area (TPSA) is 49.4 Å². The zero-order valence-corrected chi connectivity index (χ0v) is 12.1. The van der Waals surface area contributed by atoms with Gasteiger partial charge in [-0.25, -0.2) is 4.98 Å². The maximum Gasteiger partial charge on any atom is 0.170 e. The monoisotopic (exact) mass is 300 g/mol. The van der Waals surface area contributed by atoms with Crippen molar-refractivity contribution in [3.8, 4) is 0 Å². The van der Waals surface area contributed by atoms with E-state index in [9.17, 15) is 0 Å². The van der Waals surface area contributed by atoms with Crippen LogP contribution in [0.2, 0.25) is 5.15 Å². The Morgan fingerprint density at radius 1 is 1.47 bits per heavy atom. The molecule has 0 bridgehead atoms. The number of halogens is 1. The van der Waals surface area contributed by atoms with Crippen molar-refractivity contribution in [2.75, 3.05) is 44.7 Å². The minimum absolute atomic E-state index is 0.417. The second kappa shape index (κ2) is 7.59. The van der Waals surface area contributed by atoms with Crippen molar-refractivity contribution in [1.29, 1.82) is 0 Å². The molecule has 0 aromatic carbocycles. The third kappa shape index (κ3) is 4.91. The predicted octanol–water partition coefficient (Wildman–Crippen LogP) is 1.35. The van der Waals surface area contributed by atoms with Gasteiger partial charge in [0.1, 0.15) is 0 Å². The Hall–Kier alpha value is -0.950. The van der Waals surface area contributed by atoms with Gasteiger partial charge in [-0.1, -0.05) is 11.6 Å². The van der Waals surface area contributed by atoms with Crippen LogP contribution in [0.25, 0.3) is 0 Å². The molecule has 0 atom stereocenters. The average molecular weight is 301 g/mol. The maximum absolute atomic E-state index is 5.94. The average Bonchev–Trinajstić information content (AvgIpc) is 2.43. The second-order valence-electron chi connectivity index (χ2n) is 4.18. The molecule has 7 heteroatoms. The van der Waals surface area contributed by atoms with Crippen LogP contribution in [-0.4, -0.2) is 54.4 Å². The number of aromatic nitrogens is 1. The highest BCUT2D eigenvalue weighted by atomic mass is 35.5. The molecule has 0 amide bonds. The summed E-state index contributed by atoms with van der Waals surface area (Å²) in [5, 5.41) is 7.16. The summed E-state index contributed by atoms with van der Waals surface area (Å²) in [6.45, 7) is 5.34. The third-order valence-corrected chi connectivity index (χ3v) is 3.37. The van der Waals surface area contributed by atoms with Crippen LogP contribution in [0.3, 0.4) is 0 Å². The second-order valence-corrected chi connectivity index (χ2v) is 4.94. The summed E-state index contributed by atoms with van der Waals surface area (Å²) in [6.07, 6.45) is 1.64. The van der Waals surface area contributed by atoms with Gasteiger partial charge < -0.3 is 15.4 Å². The smallest absolute Gasteiger partial charge is 0.170 e. The van der Waals surface area contributed by atoms with Crippen LogP contribution >= 0.6 is 23.8 Å². The van der Waals surface area contributed by atoms with Gasteiger partial charge in [0.05, 0.1) is 18.9 Å². The summed E-state index contributed by atoms with van der Waals surface area (Å²) in [4.78, 5) is 6.32. The van der Waals surface area contributed by atoms with E-state index in [1.807, 2.05) is 12.1 Å². The summed E-state index contributed by atoms with van der Waals surface area (Å²) in [7, 11) is 0. The molecule has 0 saturated carbocycles. The number of thiocarbonyl (C=S) groups is 1. The zero-order valence-electron chi connectivity index (χ0n) is 10.6. The number of ether oxygens (including phenoxy) is 1. The predicted molar refractivity (Wildman–Crippen MR) is 80.7 cm³/mol. The summed E-state index contributed by atoms with van der Waals surface area (Å²) >= 11 is 11.2. The Balaban J connectivity index is 1.68. The summed E-state index contributed by atoms with van der Waals surface area (Å²) in [5.74, 6) is 0. The molecule has 0 radical (unpaired) electrons. The Labute approximate surface area is 123 Å². The standard InChI is InChI=1S/C12H17ClN4OS/c13-11-10(2-1-3-14-11)16-12(19)15-4-5-17-6-8-18-9-7-17/h1-3H,4-9H2,(H2,15,16,19). The highest BCUT2D eigenvalue weighted by Crippen LogP contribution is 2.16. The van der Waals surface area contributed by atoms with Gasteiger partial charge in [-0.3, -0.25) is 4.90 Å². The van der Waals surface area contributed by atoms with E-state index in [4.69, 9.17) is 28.6 Å². The molecule has 1 aliphatic heterocycles. The number of hydrogen-bond donors (Lipinski definition) is 2. The minimum atomic E-state index is 0.417. The van der Waals surface area contributed by atoms with E-state index in [1.54, 1.807) is 6.20 Å². The lowest BCUT2D eigenvalue weighted by atomic mass is 10.4. The highest BCUT2D eigenvalue weighted by molar-refractivity contribution is 7.80. The van der Waals surface area contributed by atoms with Gasteiger partial charge >= 0.3 is 0 Å². The van der Waals surface area contributed by atoms with Gasteiger partial charge in [0.2, 0.25) is 0 Å². The minimum Gasteiger partial charge on any atom is -0.379 e. The van der Waals surface area contributed by atoms with E-state index < -0.39 is 0 Å². The molecule has 0 aliphatic carbocycles. The fraction of sp³-hybridized carbons (Fsp3) is 0.500. The normalized spacial score (nSPS) is 16.1. The molecule has 1 aliphatic rings. The van der Waals surface area contributed by atoms with Gasteiger partial charge in [-0.2, -0.15) is 0 Å². The first-order valence-electron chi connectivity index (χ1n) is 6.21. The molecular formula is C12H17ClN4OS. The van der Waals surface area contributed by atoms with Crippen molar-refractivity contribution in [1.82, 2.24) is 15.2 Å². The number of nitrogens with one attached hydrogen (secondary N) is 2.